The van der Waals surface area contributed by atoms with E-state index >= 15 is 0 Å². The van der Waals surface area contributed by atoms with E-state index < -0.39 is 19.9 Å². The van der Waals surface area contributed by atoms with Gasteiger partial charge in [-0.05, 0) is 39.0 Å². The fourth-order valence-corrected chi connectivity index (χ4v) is 7.60. The maximum Gasteiger partial charge on any atom is 0.244 e. The third-order valence-electron chi connectivity index (χ3n) is 5.17. The lowest BCUT2D eigenvalue weighted by Gasteiger charge is -2.34. The van der Waals surface area contributed by atoms with Crippen LogP contribution >= 0.6 is 11.3 Å². The molecule has 30 heavy (non-hydrogen) atoms. The second-order valence-electron chi connectivity index (χ2n) is 7.44. The normalized spacial score (nSPS) is 16.0. The SMILES string of the molecule is Cc1ccc(S(=O)(=O)CCC(=O)N2CCN(S(=O)(=O)c3cc(C)sc3C)CC2)cc1. The summed E-state index contributed by atoms with van der Waals surface area (Å²) in [5.74, 6) is -0.536. The van der Waals surface area contributed by atoms with E-state index in [4.69, 9.17) is 0 Å². The van der Waals surface area contributed by atoms with E-state index in [1.165, 1.54) is 15.6 Å². The molecule has 0 bridgehead atoms. The molecule has 7 nitrogen and oxygen atoms in total. The largest absolute Gasteiger partial charge is 0.340 e. The summed E-state index contributed by atoms with van der Waals surface area (Å²) < 4.78 is 52.1. The van der Waals surface area contributed by atoms with Crippen molar-refractivity contribution < 1.29 is 21.6 Å². The highest BCUT2D eigenvalue weighted by Gasteiger charge is 2.32. The van der Waals surface area contributed by atoms with Crippen LogP contribution in [0.5, 0.6) is 0 Å². The van der Waals surface area contributed by atoms with Gasteiger partial charge in [0, 0.05) is 42.4 Å². The highest BCUT2D eigenvalue weighted by molar-refractivity contribution is 7.91. The van der Waals surface area contributed by atoms with Crippen LogP contribution in [-0.4, -0.2) is 63.9 Å². The van der Waals surface area contributed by atoms with Gasteiger partial charge in [0.1, 0.15) is 0 Å². The molecule has 0 atom stereocenters. The molecule has 0 N–H and O–H groups in total. The van der Waals surface area contributed by atoms with Crippen molar-refractivity contribution >= 4 is 37.1 Å². The summed E-state index contributed by atoms with van der Waals surface area (Å²) in [6, 6.07) is 8.23. The molecule has 0 spiro atoms. The molecule has 0 saturated carbocycles. The molecule has 3 rings (SSSR count). The second-order valence-corrected chi connectivity index (χ2v) is 12.9. The first-order valence-corrected chi connectivity index (χ1v) is 13.6. The van der Waals surface area contributed by atoms with Gasteiger partial charge in [0.15, 0.2) is 9.84 Å². The van der Waals surface area contributed by atoms with E-state index in [1.807, 2.05) is 13.8 Å². The van der Waals surface area contributed by atoms with Gasteiger partial charge in [-0.3, -0.25) is 4.79 Å². The minimum atomic E-state index is -3.59. The average molecular weight is 471 g/mol. The van der Waals surface area contributed by atoms with Gasteiger partial charge in [0.05, 0.1) is 15.5 Å². The number of sulfonamides is 1. The van der Waals surface area contributed by atoms with Crippen LogP contribution in [0.4, 0.5) is 0 Å². The molecule has 0 unspecified atom stereocenters. The van der Waals surface area contributed by atoms with Gasteiger partial charge in [-0.25, -0.2) is 16.8 Å². The standard InChI is InChI=1S/C20H26N2O5S3/c1-15-4-6-18(7-5-15)29(24,25)13-8-20(23)21-9-11-22(12-10-21)30(26,27)19-14-16(2)28-17(19)3/h4-7,14H,8-13H2,1-3H3. The third kappa shape index (κ3) is 4.93. The van der Waals surface area contributed by atoms with E-state index in [2.05, 4.69) is 0 Å². The Morgan fingerprint density at radius 3 is 2.10 bits per heavy atom. The molecule has 1 aromatic carbocycles. The lowest BCUT2D eigenvalue weighted by molar-refractivity contribution is -0.131. The van der Waals surface area contributed by atoms with Crippen molar-refractivity contribution in [2.45, 2.75) is 37.0 Å². The number of sulfone groups is 1. The predicted molar refractivity (Wildman–Crippen MR) is 117 cm³/mol. The number of piperazine rings is 1. The smallest absolute Gasteiger partial charge is 0.244 e. The second kappa shape index (κ2) is 8.78. The Morgan fingerprint density at radius 1 is 0.967 bits per heavy atom. The summed E-state index contributed by atoms with van der Waals surface area (Å²) >= 11 is 1.45. The fraction of sp³-hybridized carbons (Fsp3) is 0.450. The molecular formula is C20H26N2O5S3. The summed E-state index contributed by atoms with van der Waals surface area (Å²) in [5.41, 5.74) is 0.964. The van der Waals surface area contributed by atoms with E-state index in [1.54, 1.807) is 42.2 Å². The van der Waals surface area contributed by atoms with Crippen molar-refractivity contribution in [2.24, 2.45) is 0 Å². The van der Waals surface area contributed by atoms with Gasteiger partial charge in [-0.1, -0.05) is 17.7 Å². The number of benzene rings is 1. The van der Waals surface area contributed by atoms with Gasteiger partial charge in [0.2, 0.25) is 15.9 Å². The average Bonchev–Trinajstić information content (AvgIpc) is 3.05. The Hall–Kier alpha value is -1.75. The summed E-state index contributed by atoms with van der Waals surface area (Å²) in [5, 5.41) is 0. The number of rotatable bonds is 6. The zero-order valence-corrected chi connectivity index (χ0v) is 19.7. The van der Waals surface area contributed by atoms with Crippen molar-refractivity contribution in [1.82, 2.24) is 9.21 Å². The molecular weight excluding hydrogens is 444 g/mol. The summed E-state index contributed by atoms with van der Waals surface area (Å²) in [6.07, 6.45) is -0.119. The van der Waals surface area contributed by atoms with Gasteiger partial charge in [-0.2, -0.15) is 4.31 Å². The number of carbonyl (C=O) groups excluding carboxylic acids is 1. The topological polar surface area (TPSA) is 91.8 Å². The van der Waals surface area contributed by atoms with Gasteiger partial charge >= 0.3 is 0 Å². The van der Waals surface area contributed by atoms with Crippen molar-refractivity contribution in [3.63, 3.8) is 0 Å². The Balaban J connectivity index is 1.58. The number of hydrogen-bond acceptors (Lipinski definition) is 6. The van der Waals surface area contributed by atoms with Crippen LogP contribution < -0.4 is 0 Å². The van der Waals surface area contributed by atoms with Crippen LogP contribution in [0.2, 0.25) is 0 Å². The number of aryl methyl sites for hydroxylation is 3. The van der Waals surface area contributed by atoms with Crippen molar-refractivity contribution in [3.05, 3.63) is 45.6 Å². The Bertz CT molecular complexity index is 1130. The molecule has 2 heterocycles. The van der Waals surface area contributed by atoms with Gasteiger partial charge < -0.3 is 4.90 Å². The molecule has 1 aromatic heterocycles. The first kappa shape index (κ1) is 22.9. The monoisotopic (exact) mass is 470 g/mol. The highest BCUT2D eigenvalue weighted by atomic mass is 32.2. The molecule has 10 heteroatoms. The van der Waals surface area contributed by atoms with Crippen molar-refractivity contribution in [3.8, 4) is 0 Å². The summed E-state index contributed by atoms with van der Waals surface area (Å²) in [7, 11) is -7.12. The van der Waals surface area contributed by atoms with E-state index in [-0.39, 0.29) is 49.2 Å². The van der Waals surface area contributed by atoms with Gasteiger partial charge in [0.25, 0.3) is 0 Å². The quantitative estimate of drug-likeness (QED) is 0.646. The molecule has 1 saturated heterocycles. The molecule has 1 aliphatic heterocycles. The molecule has 1 fully saturated rings. The number of amides is 1. The third-order valence-corrected chi connectivity index (χ3v) is 10.0. The molecule has 1 amide bonds. The maximum atomic E-state index is 12.9. The molecule has 1 aliphatic rings. The first-order valence-electron chi connectivity index (χ1n) is 9.65. The molecule has 0 radical (unpaired) electrons. The summed E-state index contributed by atoms with van der Waals surface area (Å²) in [6.45, 7) is 6.45. The fourth-order valence-electron chi connectivity index (χ4n) is 3.42. The van der Waals surface area contributed by atoms with E-state index in [0.29, 0.717) is 4.90 Å². The van der Waals surface area contributed by atoms with Crippen LogP contribution in [0.25, 0.3) is 0 Å². The van der Waals surface area contributed by atoms with Crippen LogP contribution in [0.1, 0.15) is 21.7 Å². The maximum absolute atomic E-state index is 12.9. The summed E-state index contributed by atoms with van der Waals surface area (Å²) in [4.78, 5) is 16.3. The van der Waals surface area contributed by atoms with Crippen LogP contribution in [0, 0.1) is 20.8 Å². The van der Waals surface area contributed by atoms with Crippen LogP contribution in [-0.2, 0) is 24.7 Å². The number of nitrogens with zero attached hydrogens (tertiary/aromatic N) is 2. The van der Waals surface area contributed by atoms with Crippen molar-refractivity contribution in [2.75, 3.05) is 31.9 Å². The lowest BCUT2D eigenvalue weighted by Crippen LogP contribution is -2.50. The van der Waals surface area contributed by atoms with Crippen LogP contribution in [0.15, 0.2) is 40.1 Å². The molecule has 0 aliphatic carbocycles. The highest BCUT2D eigenvalue weighted by Crippen LogP contribution is 2.28. The number of carbonyl (C=O) groups is 1. The van der Waals surface area contributed by atoms with Crippen LogP contribution in [0.3, 0.4) is 0 Å². The Morgan fingerprint density at radius 2 is 1.57 bits per heavy atom. The lowest BCUT2D eigenvalue weighted by atomic mass is 10.2. The van der Waals surface area contributed by atoms with Gasteiger partial charge in [-0.15, -0.1) is 11.3 Å². The molecule has 2 aromatic rings. The number of hydrogen-bond donors (Lipinski definition) is 0. The predicted octanol–water partition coefficient (Wildman–Crippen LogP) is 2.37. The minimum absolute atomic E-state index is 0.119. The van der Waals surface area contributed by atoms with E-state index in [0.717, 1.165) is 15.3 Å². The Kier molecular flexibility index (Phi) is 6.71. The zero-order valence-electron chi connectivity index (χ0n) is 17.3. The van der Waals surface area contributed by atoms with E-state index in [9.17, 15) is 21.6 Å². The number of thiophene rings is 1. The zero-order chi connectivity index (χ0) is 22.1. The Labute approximate surface area is 182 Å². The first-order chi connectivity index (χ1) is 14.0. The minimum Gasteiger partial charge on any atom is -0.340 e. The van der Waals surface area contributed by atoms with Crippen molar-refractivity contribution in [1.29, 1.82) is 0 Å². The molecule has 164 valence electrons.